The molecule has 0 bridgehead atoms. The van der Waals surface area contributed by atoms with E-state index < -0.39 is 11.4 Å². The van der Waals surface area contributed by atoms with Crippen molar-refractivity contribution in [2.75, 3.05) is 13.7 Å². The standard InChI is InChI=1S/C13H16O4/c1-16-10-3-2-4-11(9-10)17-8-7-13(5-6-13)12(14)15/h2-4,9H,5-8H2,1H3,(H,14,15). The first-order valence-electron chi connectivity index (χ1n) is 5.66. The van der Waals surface area contributed by atoms with E-state index in [0.717, 1.165) is 18.6 Å². The van der Waals surface area contributed by atoms with Crippen molar-refractivity contribution in [1.29, 1.82) is 0 Å². The topological polar surface area (TPSA) is 55.8 Å². The van der Waals surface area contributed by atoms with E-state index in [2.05, 4.69) is 0 Å². The Morgan fingerprint density at radius 3 is 2.71 bits per heavy atom. The maximum atomic E-state index is 11.0. The normalized spacial score (nSPS) is 16.3. The summed E-state index contributed by atoms with van der Waals surface area (Å²) in [7, 11) is 1.60. The van der Waals surface area contributed by atoms with Crippen LogP contribution in [0.25, 0.3) is 0 Å². The number of methoxy groups -OCH3 is 1. The molecule has 0 radical (unpaired) electrons. The predicted octanol–water partition coefficient (Wildman–Crippen LogP) is 2.33. The molecule has 4 heteroatoms. The molecule has 1 aliphatic rings. The van der Waals surface area contributed by atoms with Crippen LogP contribution in [0.1, 0.15) is 19.3 Å². The first-order valence-corrected chi connectivity index (χ1v) is 5.66. The highest BCUT2D eigenvalue weighted by atomic mass is 16.5. The minimum Gasteiger partial charge on any atom is -0.497 e. The summed E-state index contributed by atoms with van der Waals surface area (Å²) >= 11 is 0. The van der Waals surface area contributed by atoms with Gasteiger partial charge in [-0.15, -0.1) is 0 Å². The van der Waals surface area contributed by atoms with Crippen LogP contribution in [-0.4, -0.2) is 24.8 Å². The van der Waals surface area contributed by atoms with Gasteiger partial charge >= 0.3 is 5.97 Å². The molecule has 0 amide bonds. The van der Waals surface area contributed by atoms with E-state index >= 15 is 0 Å². The number of carbonyl (C=O) groups is 1. The van der Waals surface area contributed by atoms with Crippen molar-refractivity contribution in [3.05, 3.63) is 24.3 Å². The lowest BCUT2D eigenvalue weighted by molar-refractivity contribution is -0.143. The Kier molecular flexibility index (Phi) is 3.22. The molecule has 1 aromatic rings. The molecule has 0 unspecified atom stereocenters. The van der Waals surface area contributed by atoms with Crippen molar-refractivity contribution >= 4 is 5.97 Å². The molecule has 0 spiro atoms. The summed E-state index contributed by atoms with van der Waals surface area (Å²) in [4.78, 5) is 11.0. The zero-order valence-corrected chi connectivity index (χ0v) is 9.81. The number of hydrogen-bond acceptors (Lipinski definition) is 3. The van der Waals surface area contributed by atoms with E-state index in [1.165, 1.54) is 0 Å². The zero-order chi connectivity index (χ0) is 12.3. The quantitative estimate of drug-likeness (QED) is 0.823. The van der Waals surface area contributed by atoms with Crippen molar-refractivity contribution in [3.8, 4) is 11.5 Å². The van der Waals surface area contributed by atoms with Gasteiger partial charge in [-0.1, -0.05) is 6.07 Å². The Morgan fingerprint density at radius 2 is 2.12 bits per heavy atom. The lowest BCUT2D eigenvalue weighted by Gasteiger charge is -2.11. The SMILES string of the molecule is COc1cccc(OCCC2(C(=O)O)CC2)c1. The lowest BCUT2D eigenvalue weighted by Crippen LogP contribution is -2.17. The van der Waals surface area contributed by atoms with Crippen LogP contribution in [0.2, 0.25) is 0 Å². The van der Waals surface area contributed by atoms with Crippen LogP contribution >= 0.6 is 0 Å². The second kappa shape index (κ2) is 4.65. The van der Waals surface area contributed by atoms with Crippen molar-refractivity contribution in [3.63, 3.8) is 0 Å². The Hall–Kier alpha value is -1.71. The Bertz CT molecular complexity index is 410. The maximum Gasteiger partial charge on any atom is 0.309 e. The van der Waals surface area contributed by atoms with Gasteiger partial charge in [-0.25, -0.2) is 0 Å². The third-order valence-corrected chi connectivity index (χ3v) is 3.20. The van der Waals surface area contributed by atoms with Gasteiger partial charge < -0.3 is 14.6 Å². The first-order chi connectivity index (χ1) is 8.16. The van der Waals surface area contributed by atoms with Crippen LogP contribution in [0.5, 0.6) is 11.5 Å². The molecular formula is C13H16O4. The molecule has 1 N–H and O–H groups in total. The molecule has 0 saturated heterocycles. The highest BCUT2D eigenvalue weighted by Crippen LogP contribution is 2.48. The van der Waals surface area contributed by atoms with E-state index in [-0.39, 0.29) is 0 Å². The summed E-state index contributed by atoms with van der Waals surface area (Å²) in [6.45, 7) is 0.430. The molecule has 4 nitrogen and oxygen atoms in total. The van der Waals surface area contributed by atoms with Gasteiger partial charge in [0.25, 0.3) is 0 Å². The molecule has 17 heavy (non-hydrogen) atoms. The third-order valence-electron chi connectivity index (χ3n) is 3.20. The molecule has 0 aliphatic heterocycles. The van der Waals surface area contributed by atoms with Crippen LogP contribution < -0.4 is 9.47 Å². The molecule has 1 aromatic carbocycles. The Labute approximate surface area is 100 Å². The van der Waals surface area contributed by atoms with Gasteiger partial charge in [-0.05, 0) is 31.4 Å². The largest absolute Gasteiger partial charge is 0.497 e. The van der Waals surface area contributed by atoms with Crippen molar-refractivity contribution in [2.45, 2.75) is 19.3 Å². The van der Waals surface area contributed by atoms with E-state index in [4.69, 9.17) is 14.6 Å². The predicted molar refractivity (Wildman–Crippen MR) is 62.4 cm³/mol. The van der Waals surface area contributed by atoms with Gasteiger partial charge in [0.05, 0.1) is 19.1 Å². The van der Waals surface area contributed by atoms with Crippen LogP contribution in [0.15, 0.2) is 24.3 Å². The molecule has 92 valence electrons. The molecular weight excluding hydrogens is 220 g/mol. The molecule has 0 atom stereocenters. The number of carboxylic acids is 1. The van der Waals surface area contributed by atoms with Gasteiger partial charge in [0.15, 0.2) is 0 Å². The summed E-state index contributed by atoms with van der Waals surface area (Å²) in [6.07, 6.45) is 2.10. The van der Waals surface area contributed by atoms with E-state index in [1.807, 2.05) is 18.2 Å². The van der Waals surface area contributed by atoms with Crippen LogP contribution in [-0.2, 0) is 4.79 Å². The summed E-state index contributed by atoms with van der Waals surface area (Å²) in [5.41, 5.74) is -0.515. The number of carboxylic acid groups (broad SMARTS) is 1. The third kappa shape index (κ3) is 2.70. The number of rotatable bonds is 6. The first kappa shape index (κ1) is 11.8. The molecule has 1 aliphatic carbocycles. The lowest BCUT2D eigenvalue weighted by atomic mass is 10.0. The number of benzene rings is 1. The van der Waals surface area contributed by atoms with Gasteiger partial charge in [0, 0.05) is 6.07 Å². The number of hydrogen-bond donors (Lipinski definition) is 1. The summed E-state index contributed by atoms with van der Waals surface area (Å²) < 4.78 is 10.6. The van der Waals surface area contributed by atoms with Crippen LogP contribution in [0.4, 0.5) is 0 Å². The van der Waals surface area contributed by atoms with Gasteiger partial charge in [0.2, 0.25) is 0 Å². The van der Waals surface area contributed by atoms with Crippen molar-refractivity contribution in [2.24, 2.45) is 5.41 Å². The minimum absolute atomic E-state index is 0.430. The van der Waals surface area contributed by atoms with Gasteiger partial charge in [-0.3, -0.25) is 4.79 Å². The Balaban J connectivity index is 1.84. The summed E-state index contributed by atoms with van der Waals surface area (Å²) in [5.74, 6) is 0.749. The Morgan fingerprint density at radius 1 is 1.41 bits per heavy atom. The minimum atomic E-state index is -0.702. The van der Waals surface area contributed by atoms with Crippen LogP contribution in [0, 0.1) is 5.41 Å². The van der Waals surface area contributed by atoms with E-state index in [0.29, 0.717) is 18.8 Å². The molecule has 1 fully saturated rings. The zero-order valence-electron chi connectivity index (χ0n) is 9.81. The molecule has 0 aromatic heterocycles. The van der Waals surface area contributed by atoms with Crippen molar-refractivity contribution in [1.82, 2.24) is 0 Å². The number of ether oxygens (including phenoxy) is 2. The smallest absolute Gasteiger partial charge is 0.309 e. The van der Waals surface area contributed by atoms with Crippen LogP contribution in [0.3, 0.4) is 0 Å². The average Bonchev–Trinajstić information content (AvgIpc) is 3.11. The average molecular weight is 236 g/mol. The molecule has 1 saturated carbocycles. The fourth-order valence-electron chi connectivity index (χ4n) is 1.78. The summed E-state index contributed by atoms with van der Waals surface area (Å²) in [6, 6.07) is 7.31. The maximum absolute atomic E-state index is 11.0. The second-order valence-corrected chi connectivity index (χ2v) is 4.36. The van der Waals surface area contributed by atoms with E-state index in [1.54, 1.807) is 13.2 Å². The van der Waals surface area contributed by atoms with Gasteiger partial charge in [0.1, 0.15) is 11.5 Å². The van der Waals surface area contributed by atoms with Gasteiger partial charge in [-0.2, -0.15) is 0 Å². The summed E-state index contributed by atoms with van der Waals surface area (Å²) in [5, 5.41) is 9.01. The van der Waals surface area contributed by atoms with E-state index in [9.17, 15) is 4.79 Å². The van der Waals surface area contributed by atoms with Crippen molar-refractivity contribution < 1.29 is 19.4 Å². The second-order valence-electron chi connectivity index (χ2n) is 4.36. The molecule has 0 heterocycles. The fourth-order valence-corrected chi connectivity index (χ4v) is 1.78. The number of aliphatic carboxylic acids is 1. The monoisotopic (exact) mass is 236 g/mol. The fraction of sp³-hybridized carbons (Fsp3) is 0.462. The molecule has 2 rings (SSSR count). The highest BCUT2D eigenvalue weighted by molar-refractivity contribution is 5.77. The highest BCUT2D eigenvalue weighted by Gasteiger charge is 2.49.